The van der Waals surface area contributed by atoms with Gasteiger partial charge in [-0.3, -0.25) is 4.98 Å². The molecule has 0 spiro atoms. The Labute approximate surface area is 113 Å². The van der Waals surface area contributed by atoms with Crippen molar-refractivity contribution >= 4 is 6.03 Å². The molecule has 0 aliphatic heterocycles. The van der Waals surface area contributed by atoms with E-state index in [1.165, 1.54) is 4.90 Å². The number of likely N-dealkylation sites (N-methyl/N-ethyl adjacent to an activating group) is 1. The second-order valence-corrected chi connectivity index (χ2v) is 5.21. The number of nitrogens with one attached hydrogen (secondary N) is 1. The van der Waals surface area contributed by atoms with Crippen LogP contribution in [-0.4, -0.2) is 40.7 Å². The van der Waals surface area contributed by atoms with E-state index in [2.05, 4.69) is 10.3 Å². The minimum absolute atomic E-state index is 0.176. The summed E-state index contributed by atoms with van der Waals surface area (Å²) in [7, 11) is 1.70. The van der Waals surface area contributed by atoms with Crippen LogP contribution in [0, 0.1) is 12.8 Å². The zero-order valence-electron chi connectivity index (χ0n) is 11.5. The van der Waals surface area contributed by atoms with Crippen LogP contribution in [0.5, 0.6) is 0 Å². The van der Waals surface area contributed by atoms with Crippen molar-refractivity contribution in [2.75, 3.05) is 13.6 Å². The number of nitrogens with zero attached hydrogens (tertiary/aromatic N) is 2. The van der Waals surface area contributed by atoms with Crippen molar-refractivity contribution < 1.29 is 9.90 Å². The van der Waals surface area contributed by atoms with Gasteiger partial charge in [-0.05, 0) is 37.3 Å². The third-order valence-electron chi connectivity index (χ3n) is 3.50. The molecule has 2 rings (SSSR count). The number of pyridine rings is 1. The Morgan fingerprint density at radius 2 is 2.37 bits per heavy atom. The van der Waals surface area contributed by atoms with Crippen LogP contribution in [0.3, 0.4) is 0 Å². The van der Waals surface area contributed by atoms with Gasteiger partial charge in [-0.25, -0.2) is 4.79 Å². The molecule has 0 saturated heterocycles. The molecule has 2 N–H and O–H groups in total. The van der Waals surface area contributed by atoms with Gasteiger partial charge in [0.15, 0.2) is 0 Å². The summed E-state index contributed by atoms with van der Waals surface area (Å²) >= 11 is 0. The Kier molecular flexibility index (Phi) is 4.37. The number of amides is 2. The summed E-state index contributed by atoms with van der Waals surface area (Å²) in [6, 6.07) is 3.66. The van der Waals surface area contributed by atoms with E-state index in [0.717, 1.165) is 24.1 Å². The lowest BCUT2D eigenvalue weighted by Crippen LogP contribution is -2.41. The van der Waals surface area contributed by atoms with Crippen molar-refractivity contribution in [2.45, 2.75) is 32.4 Å². The highest BCUT2D eigenvalue weighted by Crippen LogP contribution is 2.32. The van der Waals surface area contributed by atoms with Crippen LogP contribution in [0.1, 0.15) is 24.1 Å². The van der Waals surface area contributed by atoms with Crippen molar-refractivity contribution in [2.24, 2.45) is 5.92 Å². The molecule has 2 amide bonds. The second-order valence-electron chi connectivity index (χ2n) is 5.21. The van der Waals surface area contributed by atoms with Crippen LogP contribution in [0.25, 0.3) is 0 Å². The molecular weight excluding hydrogens is 242 g/mol. The van der Waals surface area contributed by atoms with E-state index in [0.29, 0.717) is 19.0 Å². The third-order valence-corrected chi connectivity index (χ3v) is 3.50. The lowest BCUT2D eigenvalue weighted by molar-refractivity contribution is 0.113. The molecule has 1 heterocycles. The summed E-state index contributed by atoms with van der Waals surface area (Å²) in [6.45, 7) is 2.77. The quantitative estimate of drug-likeness (QED) is 0.841. The van der Waals surface area contributed by atoms with Gasteiger partial charge in [-0.1, -0.05) is 6.07 Å². The Hall–Kier alpha value is -1.62. The molecule has 0 bridgehead atoms. The van der Waals surface area contributed by atoms with E-state index in [4.69, 9.17) is 0 Å². The molecule has 1 aliphatic carbocycles. The first-order chi connectivity index (χ1) is 9.08. The van der Waals surface area contributed by atoms with E-state index in [1.807, 2.05) is 19.1 Å². The zero-order valence-corrected chi connectivity index (χ0v) is 11.5. The fraction of sp³-hybridized carbons (Fsp3) is 0.571. The van der Waals surface area contributed by atoms with E-state index < -0.39 is 6.10 Å². The van der Waals surface area contributed by atoms with Crippen LogP contribution >= 0.6 is 0 Å². The summed E-state index contributed by atoms with van der Waals surface area (Å²) < 4.78 is 0. The van der Waals surface area contributed by atoms with Crippen molar-refractivity contribution in [3.63, 3.8) is 0 Å². The number of aliphatic hydroxyl groups excluding tert-OH is 1. The normalized spacial score (nSPS) is 15.9. The number of rotatable bonds is 5. The fourth-order valence-electron chi connectivity index (χ4n) is 1.99. The molecule has 1 aliphatic rings. The molecule has 5 nitrogen and oxygen atoms in total. The molecule has 19 heavy (non-hydrogen) atoms. The number of urea groups is 1. The van der Waals surface area contributed by atoms with Gasteiger partial charge < -0.3 is 15.3 Å². The topological polar surface area (TPSA) is 65.5 Å². The first kappa shape index (κ1) is 13.8. The molecule has 1 unspecified atom stereocenters. The van der Waals surface area contributed by atoms with E-state index in [-0.39, 0.29) is 6.03 Å². The Bertz CT molecular complexity index is 446. The van der Waals surface area contributed by atoms with Crippen LogP contribution < -0.4 is 5.32 Å². The molecule has 1 fully saturated rings. The minimum atomic E-state index is -0.396. The highest BCUT2D eigenvalue weighted by molar-refractivity contribution is 5.73. The number of hydrogen-bond donors (Lipinski definition) is 2. The van der Waals surface area contributed by atoms with Gasteiger partial charge in [-0.15, -0.1) is 0 Å². The maximum Gasteiger partial charge on any atom is 0.317 e. The molecule has 104 valence electrons. The highest BCUT2D eigenvalue weighted by Gasteiger charge is 2.31. The summed E-state index contributed by atoms with van der Waals surface area (Å²) in [6.07, 6.45) is 3.47. The molecule has 1 aromatic heterocycles. The monoisotopic (exact) mass is 263 g/mol. The summed E-state index contributed by atoms with van der Waals surface area (Å²) in [4.78, 5) is 17.6. The fourth-order valence-corrected chi connectivity index (χ4v) is 1.99. The number of hydrogen-bond acceptors (Lipinski definition) is 3. The summed E-state index contributed by atoms with van der Waals surface area (Å²) in [5.41, 5.74) is 1.93. The lowest BCUT2D eigenvalue weighted by Gasteiger charge is -2.21. The van der Waals surface area contributed by atoms with Crippen molar-refractivity contribution in [1.82, 2.24) is 15.2 Å². The summed E-state index contributed by atoms with van der Waals surface area (Å²) in [5.74, 6) is 0.383. The van der Waals surface area contributed by atoms with Crippen LogP contribution in [0.2, 0.25) is 0 Å². The summed E-state index contributed by atoms with van der Waals surface area (Å²) in [5, 5.41) is 12.6. The second kappa shape index (κ2) is 6.02. The number of aryl methyl sites for hydroxylation is 1. The Morgan fingerprint density at radius 3 is 3.00 bits per heavy atom. The minimum Gasteiger partial charge on any atom is -0.391 e. The van der Waals surface area contributed by atoms with Gasteiger partial charge in [0, 0.05) is 19.8 Å². The molecule has 1 atom stereocenters. The van der Waals surface area contributed by atoms with Crippen molar-refractivity contribution in [3.8, 4) is 0 Å². The third kappa shape index (κ3) is 3.92. The average Bonchev–Trinajstić information content (AvgIpc) is 3.21. The number of aromatic nitrogens is 1. The molecule has 1 aromatic rings. The SMILES string of the molecule is Cc1cccnc1CNC(=O)N(C)CC(O)C1CC1. The lowest BCUT2D eigenvalue weighted by atomic mass is 10.2. The number of carbonyl (C=O) groups excluding carboxylic acids is 1. The smallest absolute Gasteiger partial charge is 0.317 e. The first-order valence-corrected chi connectivity index (χ1v) is 6.65. The zero-order chi connectivity index (χ0) is 13.8. The first-order valence-electron chi connectivity index (χ1n) is 6.65. The molecule has 0 radical (unpaired) electrons. The van der Waals surface area contributed by atoms with Crippen LogP contribution in [0.4, 0.5) is 4.79 Å². The Balaban J connectivity index is 1.78. The highest BCUT2D eigenvalue weighted by atomic mass is 16.3. The van der Waals surface area contributed by atoms with E-state index in [1.54, 1.807) is 13.2 Å². The number of carbonyl (C=O) groups is 1. The van der Waals surface area contributed by atoms with Crippen molar-refractivity contribution in [1.29, 1.82) is 0 Å². The molecule has 1 saturated carbocycles. The van der Waals surface area contributed by atoms with E-state index in [9.17, 15) is 9.90 Å². The van der Waals surface area contributed by atoms with Gasteiger partial charge in [-0.2, -0.15) is 0 Å². The van der Waals surface area contributed by atoms with Crippen LogP contribution in [-0.2, 0) is 6.54 Å². The number of aliphatic hydroxyl groups is 1. The van der Waals surface area contributed by atoms with Gasteiger partial charge in [0.25, 0.3) is 0 Å². The molecule has 0 aromatic carbocycles. The molecular formula is C14H21N3O2. The Morgan fingerprint density at radius 1 is 1.63 bits per heavy atom. The van der Waals surface area contributed by atoms with Crippen LogP contribution in [0.15, 0.2) is 18.3 Å². The van der Waals surface area contributed by atoms with Crippen molar-refractivity contribution in [3.05, 3.63) is 29.6 Å². The van der Waals surface area contributed by atoms with Gasteiger partial charge >= 0.3 is 6.03 Å². The maximum atomic E-state index is 11.9. The van der Waals surface area contributed by atoms with E-state index >= 15 is 0 Å². The predicted octanol–water partition coefficient (Wildman–Crippen LogP) is 1.30. The maximum absolute atomic E-state index is 11.9. The predicted molar refractivity (Wildman–Crippen MR) is 72.6 cm³/mol. The largest absolute Gasteiger partial charge is 0.391 e. The molecule has 5 heteroatoms. The van der Waals surface area contributed by atoms with Gasteiger partial charge in [0.1, 0.15) is 0 Å². The van der Waals surface area contributed by atoms with Gasteiger partial charge in [0.2, 0.25) is 0 Å². The average molecular weight is 263 g/mol. The standard InChI is InChI=1S/C14H21N3O2/c1-10-4-3-7-15-12(10)8-16-14(19)17(2)9-13(18)11-5-6-11/h3-4,7,11,13,18H,5-6,8-9H2,1-2H3,(H,16,19). The van der Waals surface area contributed by atoms with Gasteiger partial charge in [0.05, 0.1) is 18.3 Å².